The standard InChI is InChI=1S/C31H45N3O5/c1-8-10-19-32-28(36)26(24-18-14-15-21(3)27(24)35)34(22(4)9-2)29(37)25(20-23-16-12-11-13-17-23)33-30(38)39-31(5,6)7/h11-18,22,25-26,35H,8-10,19-20H2,1-7H3,(H,32,36)(H,33,38). The first kappa shape index (κ1) is 31.7. The lowest BCUT2D eigenvalue weighted by Crippen LogP contribution is -2.56. The van der Waals surface area contributed by atoms with Crippen LogP contribution in [0.3, 0.4) is 0 Å². The topological polar surface area (TPSA) is 108 Å². The zero-order valence-electron chi connectivity index (χ0n) is 24.4. The van der Waals surface area contributed by atoms with Crippen molar-refractivity contribution in [2.24, 2.45) is 0 Å². The molecule has 3 unspecified atom stereocenters. The van der Waals surface area contributed by atoms with Gasteiger partial charge in [0.2, 0.25) is 11.8 Å². The third-order valence-corrected chi connectivity index (χ3v) is 6.51. The number of benzene rings is 2. The van der Waals surface area contributed by atoms with Crippen LogP contribution >= 0.6 is 0 Å². The Bertz CT molecular complexity index is 1100. The van der Waals surface area contributed by atoms with E-state index in [1.165, 1.54) is 4.90 Å². The fourth-order valence-corrected chi connectivity index (χ4v) is 4.28. The number of para-hydroxylation sites is 1. The van der Waals surface area contributed by atoms with Crippen molar-refractivity contribution in [3.8, 4) is 5.75 Å². The third-order valence-electron chi connectivity index (χ3n) is 6.51. The molecule has 0 spiro atoms. The van der Waals surface area contributed by atoms with Crippen molar-refractivity contribution in [1.82, 2.24) is 15.5 Å². The number of hydrogen-bond donors (Lipinski definition) is 3. The Morgan fingerprint density at radius 1 is 1.03 bits per heavy atom. The number of nitrogens with one attached hydrogen (secondary N) is 2. The number of carbonyl (C=O) groups excluding carboxylic acids is 3. The van der Waals surface area contributed by atoms with Crippen LogP contribution < -0.4 is 10.6 Å². The van der Waals surface area contributed by atoms with Gasteiger partial charge in [-0.2, -0.15) is 0 Å². The maximum atomic E-state index is 14.4. The highest BCUT2D eigenvalue weighted by Crippen LogP contribution is 2.34. The van der Waals surface area contributed by atoms with E-state index in [1.54, 1.807) is 45.9 Å². The van der Waals surface area contributed by atoms with E-state index in [-0.39, 0.29) is 24.1 Å². The fourth-order valence-electron chi connectivity index (χ4n) is 4.28. The number of rotatable bonds is 12. The summed E-state index contributed by atoms with van der Waals surface area (Å²) < 4.78 is 5.48. The number of aryl methyl sites for hydroxylation is 1. The van der Waals surface area contributed by atoms with Crippen LogP contribution in [0.4, 0.5) is 4.79 Å². The van der Waals surface area contributed by atoms with Crippen molar-refractivity contribution in [2.75, 3.05) is 6.54 Å². The number of ether oxygens (including phenoxy) is 1. The van der Waals surface area contributed by atoms with Gasteiger partial charge in [-0.25, -0.2) is 4.79 Å². The summed E-state index contributed by atoms with van der Waals surface area (Å²) in [6.07, 6.45) is 1.72. The minimum absolute atomic E-state index is 0.0334. The van der Waals surface area contributed by atoms with E-state index < -0.39 is 29.7 Å². The number of hydrogen-bond acceptors (Lipinski definition) is 5. The van der Waals surface area contributed by atoms with E-state index in [0.29, 0.717) is 24.1 Å². The summed E-state index contributed by atoms with van der Waals surface area (Å²) in [5.41, 5.74) is 1.03. The summed E-state index contributed by atoms with van der Waals surface area (Å²) in [4.78, 5) is 42.4. The second-order valence-electron chi connectivity index (χ2n) is 11.0. The molecule has 39 heavy (non-hydrogen) atoms. The molecular formula is C31H45N3O5. The maximum Gasteiger partial charge on any atom is 0.408 e. The van der Waals surface area contributed by atoms with Crippen molar-refractivity contribution in [2.45, 2.75) is 97.9 Å². The lowest BCUT2D eigenvalue weighted by atomic mass is 9.96. The molecule has 3 N–H and O–H groups in total. The molecule has 0 radical (unpaired) electrons. The van der Waals surface area contributed by atoms with Crippen molar-refractivity contribution in [1.29, 1.82) is 0 Å². The number of amides is 3. The Morgan fingerprint density at radius 2 is 1.69 bits per heavy atom. The molecule has 0 aliphatic rings. The Hall–Kier alpha value is -3.55. The summed E-state index contributed by atoms with van der Waals surface area (Å²) >= 11 is 0. The van der Waals surface area contributed by atoms with Crippen molar-refractivity contribution in [3.05, 3.63) is 65.2 Å². The smallest absolute Gasteiger partial charge is 0.408 e. The van der Waals surface area contributed by atoms with Gasteiger partial charge in [0, 0.05) is 24.6 Å². The molecule has 0 aliphatic carbocycles. The summed E-state index contributed by atoms with van der Waals surface area (Å²) in [5, 5.41) is 16.7. The van der Waals surface area contributed by atoms with E-state index in [0.717, 1.165) is 18.4 Å². The predicted molar refractivity (Wildman–Crippen MR) is 153 cm³/mol. The van der Waals surface area contributed by atoms with Crippen LogP contribution in [-0.4, -0.2) is 52.1 Å². The Kier molecular flexibility index (Phi) is 11.8. The Labute approximate surface area is 233 Å². The minimum atomic E-state index is -1.09. The maximum absolute atomic E-state index is 14.4. The van der Waals surface area contributed by atoms with Crippen LogP contribution in [0.1, 0.15) is 83.5 Å². The third kappa shape index (κ3) is 9.30. The minimum Gasteiger partial charge on any atom is -0.507 e. The van der Waals surface area contributed by atoms with Gasteiger partial charge in [-0.05, 0) is 58.6 Å². The average molecular weight is 540 g/mol. The van der Waals surface area contributed by atoms with Crippen LogP contribution in [0, 0.1) is 6.92 Å². The van der Waals surface area contributed by atoms with Crippen molar-refractivity contribution < 1.29 is 24.2 Å². The van der Waals surface area contributed by atoms with E-state index in [2.05, 4.69) is 10.6 Å². The molecule has 2 aromatic rings. The first-order valence-corrected chi connectivity index (χ1v) is 13.8. The van der Waals surface area contributed by atoms with E-state index in [1.807, 2.05) is 51.1 Å². The van der Waals surface area contributed by atoms with Gasteiger partial charge in [0.15, 0.2) is 0 Å². The van der Waals surface area contributed by atoms with Crippen LogP contribution in [0.15, 0.2) is 48.5 Å². The molecule has 0 bridgehead atoms. The molecule has 0 fully saturated rings. The monoisotopic (exact) mass is 539 g/mol. The first-order valence-electron chi connectivity index (χ1n) is 13.8. The van der Waals surface area contributed by atoms with Gasteiger partial charge in [0.25, 0.3) is 0 Å². The van der Waals surface area contributed by atoms with Crippen LogP contribution in [0.5, 0.6) is 5.75 Å². The number of carbonyl (C=O) groups is 3. The SMILES string of the molecule is CCCCNC(=O)C(c1cccc(C)c1O)N(C(=O)C(Cc1ccccc1)NC(=O)OC(C)(C)C)C(C)CC. The lowest BCUT2D eigenvalue weighted by Gasteiger charge is -2.38. The Morgan fingerprint density at radius 3 is 2.28 bits per heavy atom. The molecule has 3 amide bonds. The molecule has 214 valence electrons. The number of unbranched alkanes of at least 4 members (excludes halogenated alkanes) is 1. The summed E-state index contributed by atoms with van der Waals surface area (Å²) in [5.74, 6) is -0.849. The molecule has 0 heterocycles. The van der Waals surface area contributed by atoms with Gasteiger partial charge in [0.05, 0.1) is 0 Å². The van der Waals surface area contributed by atoms with E-state index >= 15 is 0 Å². The zero-order chi connectivity index (χ0) is 29.2. The second-order valence-corrected chi connectivity index (χ2v) is 11.0. The summed E-state index contributed by atoms with van der Waals surface area (Å²) in [6, 6.07) is 12.1. The van der Waals surface area contributed by atoms with Crippen LogP contribution in [-0.2, 0) is 20.7 Å². The van der Waals surface area contributed by atoms with E-state index in [4.69, 9.17) is 4.74 Å². The number of phenolic OH excluding ortho intramolecular Hbond substituents is 1. The zero-order valence-corrected chi connectivity index (χ0v) is 24.4. The molecule has 0 saturated heterocycles. The van der Waals surface area contributed by atoms with Crippen molar-refractivity contribution in [3.63, 3.8) is 0 Å². The quantitative estimate of drug-likeness (QED) is 0.312. The lowest BCUT2D eigenvalue weighted by molar-refractivity contribution is -0.145. The number of alkyl carbamates (subject to hydrolysis) is 1. The number of aromatic hydroxyl groups is 1. The molecule has 0 saturated carbocycles. The van der Waals surface area contributed by atoms with Gasteiger partial charge in [-0.15, -0.1) is 0 Å². The Balaban J connectivity index is 2.60. The van der Waals surface area contributed by atoms with Crippen LogP contribution in [0.2, 0.25) is 0 Å². The highest BCUT2D eigenvalue weighted by molar-refractivity contribution is 5.93. The first-order chi connectivity index (χ1) is 18.4. The molecule has 0 aromatic heterocycles. The number of phenols is 1. The average Bonchev–Trinajstić information content (AvgIpc) is 2.87. The molecule has 2 rings (SSSR count). The molecule has 2 aromatic carbocycles. The summed E-state index contributed by atoms with van der Waals surface area (Å²) in [6.45, 7) is 13.3. The van der Waals surface area contributed by atoms with Gasteiger partial charge in [-0.1, -0.05) is 68.8 Å². The van der Waals surface area contributed by atoms with Gasteiger partial charge >= 0.3 is 6.09 Å². The van der Waals surface area contributed by atoms with Gasteiger partial charge in [0.1, 0.15) is 23.4 Å². The molecule has 8 heteroatoms. The highest BCUT2D eigenvalue weighted by atomic mass is 16.6. The van der Waals surface area contributed by atoms with Crippen LogP contribution in [0.25, 0.3) is 0 Å². The fraction of sp³-hybridized carbons (Fsp3) is 0.516. The highest BCUT2D eigenvalue weighted by Gasteiger charge is 2.39. The molecule has 0 aliphatic heterocycles. The summed E-state index contributed by atoms with van der Waals surface area (Å²) in [7, 11) is 0. The van der Waals surface area contributed by atoms with E-state index in [9.17, 15) is 19.5 Å². The molecule has 3 atom stereocenters. The second kappa shape index (κ2) is 14.6. The predicted octanol–water partition coefficient (Wildman–Crippen LogP) is 5.42. The van der Waals surface area contributed by atoms with Gasteiger partial charge < -0.3 is 25.4 Å². The normalized spacial score (nSPS) is 13.6. The molecular weight excluding hydrogens is 494 g/mol. The van der Waals surface area contributed by atoms with Gasteiger partial charge in [-0.3, -0.25) is 9.59 Å². The number of nitrogens with zero attached hydrogens (tertiary/aromatic N) is 1. The molecule has 8 nitrogen and oxygen atoms in total. The largest absolute Gasteiger partial charge is 0.507 e. The van der Waals surface area contributed by atoms with Crippen molar-refractivity contribution >= 4 is 17.9 Å².